The normalized spacial score (nSPS) is 17.4. The van der Waals surface area contributed by atoms with E-state index in [1.807, 2.05) is 30.3 Å². The van der Waals surface area contributed by atoms with E-state index in [9.17, 15) is 9.59 Å². The van der Waals surface area contributed by atoms with E-state index in [0.717, 1.165) is 48.4 Å². The lowest BCUT2D eigenvalue weighted by atomic mass is 9.91. The Bertz CT molecular complexity index is 1180. The van der Waals surface area contributed by atoms with Crippen LogP contribution in [0.2, 0.25) is 0 Å². The van der Waals surface area contributed by atoms with Crippen LogP contribution in [0, 0.1) is 6.92 Å². The first-order valence-electron chi connectivity index (χ1n) is 13.2. The molecule has 7 heteroatoms. The number of hydrogen-bond donors (Lipinski definition) is 2. The van der Waals surface area contributed by atoms with Crippen LogP contribution < -0.4 is 15.4 Å². The van der Waals surface area contributed by atoms with Crippen LogP contribution in [0.15, 0.2) is 53.9 Å². The van der Waals surface area contributed by atoms with Crippen molar-refractivity contribution in [3.8, 4) is 5.75 Å². The molecule has 1 aliphatic carbocycles. The zero-order chi connectivity index (χ0) is 26.2. The number of carbonyl (C=O) groups excluding carboxylic acids is 2. The number of aromatic nitrogens is 1. The molecule has 0 atom stereocenters. The van der Waals surface area contributed by atoms with Crippen molar-refractivity contribution in [2.24, 2.45) is 0 Å². The van der Waals surface area contributed by atoms with E-state index in [1.165, 1.54) is 22.5 Å². The molecular weight excluding hydrogens is 482 g/mol. The van der Waals surface area contributed by atoms with E-state index >= 15 is 0 Å². The Kier molecular flexibility index (Phi) is 9.34. The molecule has 2 amide bonds. The monoisotopic (exact) mass is 519 g/mol. The molecule has 0 unspecified atom stereocenters. The van der Waals surface area contributed by atoms with Crippen LogP contribution in [0.4, 0.5) is 0 Å². The highest BCUT2D eigenvalue weighted by molar-refractivity contribution is 7.09. The predicted octanol–water partition coefficient (Wildman–Crippen LogP) is 5.94. The molecule has 4 rings (SSSR count). The molecule has 0 radical (unpaired) electrons. The topological polar surface area (TPSA) is 80.3 Å². The van der Waals surface area contributed by atoms with Crippen molar-refractivity contribution in [3.05, 3.63) is 81.3 Å². The van der Waals surface area contributed by atoms with Gasteiger partial charge in [-0.25, -0.2) is 4.98 Å². The summed E-state index contributed by atoms with van der Waals surface area (Å²) in [5, 5.41) is 8.87. The summed E-state index contributed by atoms with van der Waals surface area (Å²) >= 11 is 1.44. The maximum Gasteiger partial charge on any atom is 0.270 e. The van der Waals surface area contributed by atoms with Gasteiger partial charge < -0.3 is 15.4 Å². The van der Waals surface area contributed by atoms with Gasteiger partial charge in [-0.2, -0.15) is 0 Å². The molecule has 0 spiro atoms. The highest BCUT2D eigenvalue weighted by atomic mass is 32.1. The minimum Gasteiger partial charge on any atom is -0.486 e. The van der Waals surface area contributed by atoms with Gasteiger partial charge in [0.15, 0.2) is 0 Å². The lowest BCUT2D eigenvalue weighted by Crippen LogP contribution is -2.43. The predicted molar refractivity (Wildman–Crippen MR) is 148 cm³/mol. The highest BCUT2D eigenvalue weighted by Gasteiger charge is 2.24. The van der Waals surface area contributed by atoms with Crippen LogP contribution in [-0.4, -0.2) is 28.9 Å². The Morgan fingerprint density at radius 1 is 1.03 bits per heavy atom. The number of aryl methyl sites for hydroxylation is 2. The zero-order valence-electron chi connectivity index (χ0n) is 22.0. The van der Waals surface area contributed by atoms with Crippen molar-refractivity contribution in [2.45, 2.75) is 83.9 Å². The summed E-state index contributed by atoms with van der Waals surface area (Å²) in [7, 11) is 0. The number of carbonyl (C=O) groups is 2. The molecular formula is C30H37N3O3S. The second-order valence-corrected chi connectivity index (χ2v) is 11.1. The third-order valence-corrected chi connectivity index (χ3v) is 7.66. The fourth-order valence-electron chi connectivity index (χ4n) is 4.71. The van der Waals surface area contributed by atoms with Gasteiger partial charge >= 0.3 is 0 Å². The number of nitrogens with zero attached hydrogens (tertiary/aromatic N) is 1. The first-order valence-corrected chi connectivity index (χ1v) is 14.1. The molecule has 2 N–H and O–H groups in total. The van der Waals surface area contributed by atoms with Crippen LogP contribution in [0.5, 0.6) is 5.75 Å². The molecule has 3 aromatic rings. The fourth-order valence-corrected chi connectivity index (χ4v) is 5.39. The SMILES string of the molecule is Cc1ccc(C(C)C)c(OCc2nc(C(=O)NC3CCC(NC(=O)CCc4ccccc4)CC3)cs2)c1. The van der Waals surface area contributed by atoms with Gasteiger partial charge in [-0.1, -0.05) is 56.3 Å². The summed E-state index contributed by atoms with van der Waals surface area (Å²) in [6, 6.07) is 16.6. The van der Waals surface area contributed by atoms with E-state index in [-0.39, 0.29) is 23.9 Å². The lowest BCUT2D eigenvalue weighted by Gasteiger charge is -2.29. The zero-order valence-corrected chi connectivity index (χ0v) is 22.8. The minimum absolute atomic E-state index is 0.0970. The standard InChI is InChI=1S/C30H37N3O3S/c1-20(2)25-15-9-21(3)17-27(25)36-18-29-33-26(19-37-29)30(35)32-24-13-11-23(12-14-24)31-28(34)16-10-22-7-5-4-6-8-22/h4-9,15,17,19-20,23-24H,10-14,16,18H2,1-3H3,(H,31,34)(H,32,35). The van der Waals surface area contributed by atoms with E-state index in [0.29, 0.717) is 24.6 Å². The van der Waals surface area contributed by atoms with Crippen molar-refractivity contribution in [1.82, 2.24) is 15.6 Å². The van der Waals surface area contributed by atoms with Gasteiger partial charge in [-0.15, -0.1) is 11.3 Å². The average Bonchev–Trinajstić information content (AvgIpc) is 3.37. The lowest BCUT2D eigenvalue weighted by molar-refractivity contribution is -0.122. The quantitative estimate of drug-likeness (QED) is 0.347. The number of hydrogen-bond acceptors (Lipinski definition) is 5. The Hall–Kier alpha value is -3.19. The maximum absolute atomic E-state index is 12.8. The third kappa shape index (κ3) is 7.89. The second-order valence-electron chi connectivity index (χ2n) is 10.2. The Balaban J connectivity index is 1.19. The highest BCUT2D eigenvalue weighted by Crippen LogP contribution is 2.28. The van der Waals surface area contributed by atoms with Crippen molar-refractivity contribution in [3.63, 3.8) is 0 Å². The van der Waals surface area contributed by atoms with Crippen LogP contribution >= 0.6 is 11.3 Å². The Labute approximate surface area is 223 Å². The fraction of sp³-hybridized carbons (Fsp3) is 0.433. The first-order chi connectivity index (χ1) is 17.9. The molecule has 0 saturated heterocycles. The van der Waals surface area contributed by atoms with Gasteiger partial charge in [-0.3, -0.25) is 9.59 Å². The summed E-state index contributed by atoms with van der Waals surface area (Å²) in [5.74, 6) is 1.20. The number of ether oxygens (including phenoxy) is 1. The Morgan fingerprint density at radius 2 is 1.73 bits per heavy atom. The molecule has 1 aromatic heterocycles. The van der Waals surface area contributed by atoms with Gasteiger partial charge in [0.2, 0.25) is 5.91 Å². The first kappa shape index (κ1) is 26.9. The van der Waals surface area contributed by atoms with E-state index < -0.39 is 0 Å². The summed E-state index contributed by atoms with van der Waals surface area (Å²) < 4.78 is 6.08. The van der Waals surface area contributed by atoms with Crippen LogP contribution in [0.3, 0.4) is 0 Å². The summed E-state index contributed by atoms with van der Waals surface area (Å²) in [6.07, 6.45) is 4.68. The molecule has 196 valence electrons. The molecule has 1 saturated carbocycles. The van der Waals surface area contributed by atoms with Crippen molar-refractivity contribution in [1.29, 1.82) is 0 Å². The number of thiazole rings is 1. The summed E-state index contributed by atoms with van der Waals surface area (Å²) in [5.41, 5.74) is 3.94. The van der Waals surface area contributed by atoms with Crippen molar-refractivity contribution in [2.75, 3.05) is 0 Å². The largest absolute Gasteiger partial charge is 0.486 e. The molecule has 1 heterocycles. The summed E-state index contributed by atoms with van der Waals surface area (Å²) in [6.45, 7) is 6.69. The second kappa shape index (κ2) is 12.9. The van der Waals surface area contributed by atoms with Gasteiger partial charge in [0, 0.05) is 23.9 Å². The Morgan fingerprint density at radius 3 is 2.43 bits per heavy atom. The van der Waals surface area contributed by atoms with Gasteiger partial charge in [0.05, 0.1) is 0 Å². The van der Waals surface area contributed by atoms with Gasteiger partial charge in [0.1, 0.15) is 23.1 Å². The number of nitrogens with one attached hydrogen (secondary N) is 2. The minimum atomic E-state index is -0.142. The van der Waals surface area contributed by atoms with Crippen LogP contribution in [-0.2, 0) is 17.8 Å². The molecule has 37 heavy (non-hydrogen) atoms. The smallest absolute Gasteiger partial charge is 0.270 e. The van der Waals surface area contributed by atoms with Crippen molar-refractivity contribution >= 4 is 23.2 Å². The molecule has 0 aliphatic heterocycles. The van der Waals surface area contributed by atoms with E-state index in [1.54, 1.807) is 5.38 Å². The van der Waals surface area contributed by atoms with Crippen molar-refractivity contribution < 1.29 is 14.3 Å². The molecule has 2 aromatic carbocycles. The van der Waals surface area contributed by atoms with Gasteiger partial charge in [-0.05, 0) is 67.7 Å². The summed E-state index contributed by atoms with van der Waals surface area (Å²) in [4.78, 5) is 29.6. The van der Waals surface area contributed by atoms with E-state index in [4.69, 9.17) is 4.74 Å². The van der Waals surface area contributed by atoms with Gasteiger partial charge in [0.25, 0.3) is 5.91 Å². The molecule has 6 nitrogen and oxygen atoms in total. The third-order valence-electron chi connectivity index (χ3n) is 6.84. The van der Waals surface area contributed by atoms with Crippen LogP contribution in [0.25, 0.3) is 0 Å². The number of benzene rings is 2. The molecule has 1 aliphatic rings. The molecule has 0 bridgehead atoms. The maximum atomic E-state index is 12.8. The number of amides is 2. The van der Waals surface area contributed by atoms with Crippen LogP contribution in [0.1, 0.15) is 84.1 Å². The number of rotatable bonds is 10. The van der Waals surface area contributed by atoms with E-state index in [2.05, 4.69) is 54.6 Å². The average molecular weight is 520 g/mol. The molecule has 1 fully saturated rings.